The molecule has 0 unspecified atom stereocenters. The summed E-state index contributed by atoms with van der Waals surface area (Å²) in [5.74, 6) is 0.680. The summed E-state index contributed by atoms with van der Waals surface area (Å²) in [7, 11) is 0. The minimum absolute atomic E-state index is 0.249. The summed E-state index contributed by atoms with van der Waals surface area (Å²) < 4.78 is 0. The first-order valence-corrected chi connectivity index (χ1v) is 8.56. The first-order valence-electron chi connectivity index (χ1n) is 7.74. The van der Waals surface area contributed by atoms with E-state index in [0.717, 1.165) is 16.9 Å². The summed E-state index contributed by atoms with van der Waals surface area (Å²) in [5.41, 5.74) is 1.88. The van der Waals surface area contributed by atoms with Crippen LogP contribution in [0.4, 0.5) is 11.8 Å². The summed E-state index contributed by atoms with van der Waals surface area (Å²) in [5, 5.41) is 17.7. The summed E-state index contributed by atoms with van der Waals surface area (Å²) >= 11 is 1.36. The number of fused-ring (bicyclic) bond motifs is 1. The largest absolute Gasteiger partial charge is 0.342 e. The zero-order chi connectivity index (χ0) is 17.9. The van der Waals surface area contributed by atoms with Gasteiger partial charge in [-0.1, -0.05) is 12.0 Å². The molecular weight excluding hydrogens is 354 g/mol. The van der Waals surface area contributed by atoms with Crippen LogP contribution >= 0.6 is 11.8 Å². The van der Waals surface area contributed by atoms with Crippen molar-refractivity contribution in [3.8, 4) is 0 Å². The zero-order valence-electron chi connectivity index (χ0n) is 13.6. The van der Waals surface area contributed by atoms with Crippen molar-refractivity contribution in [3.05, 3.63) is 35.8 Å². The van der Waals surface area contributed by atoms with Crippen LogP contribution in [0.25, 0.3) is 11.0 Å². The Bertz CT molecular complexity index is 1050. The topological polar surface area (TPSA) is 138 Å². The number of hydrogen-bond donors (Lipinski definition) is 3. The Hall–Kier alpha value is -3.34. The SMILES string of the molecule is CCc1[nH]c2nc(Sc3cccnc3)nc(Nc3nn[nH]n3)c2c1C=O. The van der Waals surface area contributed by atoms with Crippen LogP contribution in [-0.4, -0.2) is 46.8 Å². The van der Waals surface area contributed by atoms with Gasteiger partial charge < -0.3 is 10.3 Å². The molecule has 0 atom stereocenters. The van der Waals surface area contributed by atoms with Crippen LogP contribution in [0.5, 0.6) is 0 Å². The third kappa shape index (κ3) is 2.99. The molecule has 0 spiro atoms. The molecule has 4 rings (SSSR count). The van der Waals surface area contributed by atoms with E-state index in [2.05, 4.69) is 45.9 Å². The summed E-state index contributed by atoms with van der Waals surface area (Å²) in [6.07, 6.45) is 4.90. The zero-order valence-corrected chi connectivity index (χ0v) is 14.4. The first-order chi connectivity index (χ1) is 12.8. The number of pyridine rings is 1. The fourth-order valence-electron chi connectivity index (χ4n) is 2.53. The molecule has 0 aliphatic carbocycles. The van der Waals surface area contributed by atoms with Crippen molar-refractivity contribution >= 4 is 40.8 Å². The van der Waals surface area contributed by atoms with Gasteiger partial charge in [0.25, 0.3) is 5.95 Å². The predicted octanol–water partition coefficient (Wildman–Crippen LogP) is 2.14. The number of carbonyl (C=O) groups excluding carboxylic acids is 1. The maximum atomic E-state index is 11.6. The van der Waals surface area contributed by atoms with Gasteiger partial charge >= 0.3 is 0 Å². The van der Waals surface area contributed by atoms with Gasteiger partial charge in [0.2, 0.25) is 0 Å². The molecule has 0 aromatic carbocycles. The summed E-state index contributed by atoms with van der Waals surface area (Å²) in [6, 6.07) is 3.76. The monoisotopic (exact) mass is 367 g/mol. The molecule has 0 saturated heterocycles. The molecule has 4 aromatic heterocycles. The third-order valence-corrected chi connectivity index (χ3v) is 4.49. The molecule has 4 aromatic rings. The van der Waals surface area contributed by atoms with Crippen molar-refractivity contribution in [2.45, 2.75) is 23.4 Å². The molecule has 130 valence electrons. The van der Waals surface area contributed by atoms with Gasteiger partial charge in [-0.2, -0.15) is 5.21 Å². The molecule has 0 aliphatic heterocycles. The van der Waals surface area contributed by atoms with E-state index in [1.54, 1.807) is 12.4 Å². The normalized spacial score (nSPS) is 11.0. The Kier molecular flexibility index (Phi) is 4.27. The summed E-state index contributed by atoms with van der Waals surface area (Å²) in [6.45, 7) is 1.96. The van der Waals surface area contributed by atoms with Gasteiger partial charge in [-0.15, -0.1) is 5.10 Å². The molecule has 4 heterocycles. The number of aromatic amines is 2. The smallest absolute Gasteiger partial charge is 0.268 e. The minimum atomic E-state index is 0.249. The molecule has 0 fully saturated rings. The van der Waals surface area contributed by atoms with Gasteiger partial charge in [-0.25, -0.2) is 9.97 Å². The van der Waals surface area contributed by atoms with Gasteiger partial charge in [-0.05, 0) is 35.5 Å². The number of nitrogens with one attached hydrogen (secondary N) is 3. The van der Waals surface area contributed by atoms with Crippen LogP contribution in [0.15, 0.2) is 34.6 Å². The number of aldehydes is 1. The Morgan fingerprint density at radius 1 is 1.35 bits per heavy atom. The van der Waals surface area contributed by atoms with E-state index in [1.807, 2.05) is 19.1 Å². The lowest BCUT2D eigenvalue weighted by Crippen LogP contribution is -2.00. The van der Waals surface area contributed by atoms with Crippen LogP contribution in [0.3, 0.4) is 0 Å². The van der Waals surface area contributed by atoms with Gasteiger partial charge in [-0.3, -0.25) is 9.78 Å². The number of aryl methyl sites for hydroxylation is 1. The lowest BCUT2D eigenvalue weighted by Gasteiger charge is -2.06. The maximum absolute atomic E-state index is 11.6. The van der Waals surface area contributed by atoms with Crippen molar-refractivity contribution in [3.63, 3.8) is 0 Å². The average Bonchev–Trinajstić information content (AvgIpc) is 3.29. The fourth-order valence-corrected chi connectivity index (χ4v) is 3.27. The highest BCUT2D eigenvalue weighted by Gasteiger charge is 2.19. The van der Waals surface area contributed by atoms with Crippen LogP contribution in [0, 0.1) is 0 Å². The number of nitrogens with zero attached hydrogens (tertiary/aromatic N) is 6. The molecular formula is C15H13N9OS. The Morgan fingerprint density at radius 2 is 2.27 bits per heavy atom. The number of hydrogen-bond acceptors (Lipinski definition) is 9. The Labute approximate surface area is 151 Å². The van der Waals surface area contributed by atoms with Gasteiger partial charge in [0, 0.05) is 28.5 Å². The maximum Gasteiger partial charge on any atom is 0.268 e. The molecule has 0 amide bonds. The molecule has 0 radical (unpaired) electrons. The van der Waals surface area contributed by atoms with Crippen molar-refractivity contribution < 1.29 is 4.79 Å². The number of rotatable bonds is 6. The summed E-state index contributed by atoms with van der Waals surface area (Å²) in [4.78, 5) is 28.9. The van der Waals surface area contributed by atoms with E-state index in [0.29, 0.717) is 34.0 Å². The third-order valence-electron chi connectivity index (χ3n) is 3.64. The van der Waals surface area contributed by atoms with Crippen LogP contribution < -0.4 is 5.32 Å². The number of aromatic nitrogens is 8. The quantitative estimate of drug-likeness (QED) is 0.345. The van der Waals surface area contributed by atoms with Crippen molar-refractivity contribution in [2.24, 2.45) is 0 Å². The highest BCUT2D eigenvalue weighted by Crippen LogP contribution is 2.32. The van der Waals surface area contributed by atoms with Crippen molar-refractivity contribution in [1.29, 1.82) is 0 Å². The van der Waals surface area contributed by atoms with E-state index in [-0.39, 0.29) is 5.95 Å². The molecule has 0 bridgehead atoms. The van der Waals surface area contributed by atoms with Crippen molar-refractivity contribution in [2.75, 3.05) is 5.32 Å². The van der Waals surface area contributed by atoms with Gasteiger partial charge in [0.15, 0.2) is 11.4 Å². The molecule has 0 aliphatic rings. The van der Waals surface area contributed by atoms with Gasteiger partial charge in [0.05, 0.1) is 5.39 Å². The first kappa shape index (κ1) is 16.1. The number of anilines is 2. The van der Waals surface area contributed by atoms with Gasteiger partial charge in [0.1, 0.15) is 11.5 Å². The van der Waals surface area contributed by atoms with E-state index in [1.165, 1.54) is 11.8 Å². The number of H-pyrrole nitrogens is 2. The minimum Gasteiger partial charge on any atom is -0.342 e. The second-order valence-corrected chi connectivity index (χ2v) is 6.26. The van der Waals surface area contributed by atoms with E-state index >= 15 is 0 Å². The highest BCUT2D eigenvalue weighted by molar-refractivity contribution is 7.99. The van der Waals surface area contributed by atoms with Crippen LogP contribution in [0.2, 0.25) is 0 Å². The average molecular weight is 367 g/mol. The highest BCUT2D eigenvalue weighted by atomic mass is 32.2. The van der Waals surface area contributed by atoms with Crippen LogP contribution in [0.1, 0.15) is 23.0 Å². The molecule has 26 heavy (non-hydrogen) atoms. The lowest BCUT2D eigenvalue weighted by atomic mass is 10.1. The second kappa shape index (κ2) is 6.88. The lowest BCUT2D eigenvalue weighted by molar-refractivity contribution is 0.112. The van der Waals surface area contributed by atoms with E-state index < -0.39 is 0 Å². The fraction of sp³-hybridized carbons (Fsp3) is 0.133. The molecule has 10 nitrogen and oxygen atoms in total. The molecule has 3 N–H and O–H groups in total. The van der Waals surface area contributed by atoms with E-state index in [9.17, 15) is 4.79 Å². The number of tetrazole rings is 1. The van der Waals surface area contributed by atoms with E-state index in [4.69, 9.17) is 0 Å². The Balaban J connectivity index is 1.85. The Morgan fingerprint density at radius 3 is 2.96 bits per heavy atom. The van der Waals surface area contributed by atoms with Crippen molar-refractivity contribution in [1.82, 2.24) is 40.6 Å². The molecule has 0 saturated carbocycles. The predicted molar refractivity (Wildman–Crippen MR) is 94.5 cm³/mol. The number of carbonyl (C=O) groups is 1. The van der Waals surface area contributed by atoms with Crippen LogP contribution in [-0.2, 0) is 6.42 Å². The standard InChI is InChI=1S/C15H13N9OS/c1-2-10-9(7-25)11-12(17-10)19-15(26-8-4-3-5-16-6-8)20-13(11)18-14-21-23-24-22-14/h3-7H,2H2,1H3,(H3,17,18,19,20,21,22,23,24). The second-order valence-electron chi connectivity index (χ2n) is 5.22. The molecule has 11 heteroatoms.